The SMILES string of the molecule is Cc1ccccc1-c1nn(-c2ccccc2)cc1C(=O)N1CCC(OCc2ccccc2)CC1. The summed E-state index contributed by atoms with van der Waals surface area (Å²) in [5.41, 5.74) is 5.57. The third-order valence-electron chi connectivity index (χ3n) is 6.42. The van der Waals surface area contributed by atoms with E-state index in [-0.39, 0.29) is 12.0 Å². The van der Waals surface area contributed by atoms with Crippen LogP contribution in [0.5, 0.6) is 0 Å². The largest absolute Gasteiger partial charge is 0.373 e. The van der Waals surface area contributed by atoms with Gasteiger partial charge in [-0.2, -0.15) is 5.10 Å². The zero-order valence-corrected chi connectivity index (χ0v) is 19.4. The molecule has 1 saturated heterocycles. The molecule has 1 aromatic heterocycles. The Labute approximate surface area is 200 Å². The van der Waals surface area contributed by atoms with E-state index in [9.17, 15) is 4.79 Å². The minimum Gasteiger partial charge on any atom is -0.373 e. The number of aryl methyl sites for hydroxylation is 1. The highest BCUT2D eigenvalue weighted by Gasteiger charge is 2.28. The smallest absolute Gasteiger partial charge is 0.257 e. The van der Waals surface area contributed by atoms with E-state index in [0.717, 1.165) is 35.3 Å². The molecule has 5 nitrogen and oxygen atoms in total. The van der Waals surface area contributed by atoms with Gasteiger partial charge in [0.05, 0.1) is 24.0 Å². The van der Waals surface area contributed by atoms with Gasteiger partial charge in [0.15, 0.2) is 0 Å². The summed E-state index contributed by atoms with van der Waals surface area (Å²) in [6, 6.07) is 28.3. The van der Waals surface area contributed by atoms with Crippen LogP contribution in [0.1, 0.15) is 34.3 Å². The summed E-state index contributed by atoms with van der Waals surface area (Å²) in [7, 11) is 0. The second-order valence-corrected chi connectivity index (χ2v) is 8.77. The number of benzene rings is 3. The first-order chi connectivity index (χ1) is 16.7. The van der Waals surface area contributed by atoms with Crippen molar-refractivity contribution in [2.75, 3.05) is 13.1 Å². The molecule has 1 aliphatic rings. The van der Waals surface area contributed by atoms with Gasteiger partial charge in [-0.05, 0) is 43.0 Å². The fraction of sp³-hybridized carbons (Fsp3) is 0.241. The van der Waals surface area contributed by atoms with E-state index in [2.05, 4.69) is 25.1 Å². The van der Waals surface area contributed by atoms with Crippen molar-refractivity contribution < 1.29 is 9.53 Å². The lowest BCUT2D eigenvalue weighted by molar-refractivity contribution is -0.000361. The van der Waals surface area contributed by atoms with Crippen LogP contribution in [-0.2, 0) is 11.3 Å². The molecule has 1 aliphatic heterocycles. The molecule has 0 aliphatic carbocycles. The summed E-state index contributed by atoms with van der Waals surface area (Å²) in [5.74, 6) is 0.0296. The van der Waals surface area contributed by atoms with E-state index in [1.54, 1.807) is 0 Å². The Kier molecular flexibility index (Phi) is 6.54. The third-order valence-corrected chi connectivity index (χ3v) is 6.42. The lowest BCUT2D eigenvalue weighted by atomic mass is 10.0. The summed E-state index contributed by atoms with van der Waals surface area (Å²) in [4.78, 5) is 15.6. The zero-order valence-electron chi connectivity index (χ0n) is 19.4. The van der Waals surface area contributed by atoms with Crippen molar-refractivity contribution in [1.29, 1.82) is 0 Å². The van der Waals surface area contributed by atoms with Gasteiger partial charge in [0, 0.05) is 24.8 Å². The molecule has 0 N–H and O–H groups in total. The first kappa shape index (κ1) is 22.1. The summed E-state index contributed by atoms with van der Waals surface area (Å²) >= 11 is 0. The molecule has 0 bridgehead atoms. The predicted octanol–water partition coefficient (Wildman–Crippen LogP) is 5.67. The third kappa shape index (κ3) is 4.80. The molecule has 5 rings (SSSR count). The number of aromatic nitrogens is 2. The van der Waals surface area contributed by atoms with Crippen molar-refractivity contribution in [2.45, 2.75) is 32.5 Å². The zero-order chi connectivity index (χ0) is 23.3. The normalized spacial score (nSPS) is 14.3. The first-order valence-electron chi connectivity index (χ1n) is 11.8. The lowest BCUT2D eigenvalue weighted by Crippen LogP contribution is -2.41. The second kappa shape index (κ2) is 10.1. The number of para-hydroxylation sites is 1. The number of carbonyl (C=O) groups is 1. The van der Waals surface area contributed by atoms with E-state index in [4.69, 9.17) is 9.84 Å². The van der Waals surface area contributed by atoms with E-state index in [1.165, 1.54) is 5.56 Å². The van der Waals surface area contributed by atoms with Crippen LogP contribution in [0.25, 0.3) is 16.9 Å². The van der Waals surface area contributed by atoms with Crippen molar-refractivity contribution >= 4 is 5.91 Å². The van der Waals surface area contributed by atoms with Crippen LogP contribution in [0.3, 0.4) is 0 Å². The minimum absolute atomic E-state index is 0.0296. The molecule has 0 radical (unpaired) electrons. The van der Waals surface area contributed by atoms with Crippen molar-refractivity contribution in [2.24, 2.45) is 0 Å². The highest BCUT2D eigenvalue weighted by molar-refractivity contribution is 6.00. The van der Waals surface area contributed by atoms with Gasteiger partial charge in [0.1, 0.15) is 5.69 Å². The highest BCUT2D eigenvalue weighted by atomic mass is 16.5. The second-order valence-electron chi connectivity index (χ2n) is 8.77. The molecule has 172 valence electrons. The maximum atomic E-state index is 13.7. The Morgan fingerprint density at radius 2 is 1.56 bits per heavy atom. The Bertz CT molecular complexity index is 1240. The maximum Gasteiger partial charge on any atom is 0.257 e. The summed E-state index contributed by atoms with van der Waals surface area (Å²) in [6.07, 6.45) is 3.72. The molecule has 1 amide bonds. The van der Waals surface area contributed by atoms with Crippen LogP contribution in [0, 0.1) is 6.92 Å². The van der Waals surface area contributed by atoms with Crippen LogP contribution < -0.4 is 0 Å². The van der Waals surface area contributed by atoms with Crippen LogP contribution in [0.15, 0.2) is 91.1 Å². The number of ether oxygens (including phenoxy) is 1. The molecule has 0 atom stereocenters. The molecular formula is C29H29N3O2. The van der Waals surface area contributed by atoms with Crippen LogP contribution in [-0.4, -0.2) is 39.8 Å². The predicted molar refractivity (Wildman–Crippen MR) is 134 cm³/mol. The van der Waals surface area contributed by atoms with E-state index in [0.29, 0.717) is 25.3 Å². The Morgan fingerprint density at radius 3 is 2.26 bits per heavy atom. The van der Waals surface area contributed by atoms with E-state index >= 15 is 0 Å². The maximum absolute atomic E-state index is 13.7. The molecule has 0 saturated carbocycles. The number of piperidine rings is 1. The number of hydrogen-bond acceptors (Lipinski definition) is 3. The number of nitrogens with zero attached hydrogens (tertiary/aromatic N) is 3. The molecular weight excluding hydrogens is 422 g/mol. The minimum atomic E-state index is 0.0296. The monoisotopic (exact) mass is 451 g/mol. The van der Waals surface area contributed by atoms with Crippen LogP contribution >= 0.6 is 0 Å². The molecule has 4 aromatic rings. The van der Waals surface area contributed by atoms with Gasteiger partial charge in [-0.25, -0.2) is 4.68 Å². The van der Waals surface area contributed by atoms with E-state index < -0.39 is 0 Å². The van der Waals surface area contributed by atoms with Gasteiger partial charge < -0.3 is 9.64 Å². The molecule has 3 aromatic carbocycles. The Hall–Kier alpha value is -3.70. The fourth-order valence-corrected chi connectivity index (χ4v) is 4.47. The first-order valence-corrected chi connectivity index (χ1v) is 11.8. The van der Waals surface area contributed by atoms with Crippen LogP contribution in [0.2, 0.25) is 0 Å². The van der Waals surface area contributed by atoms with Gasteiger partial charge >= 0.3 is 0 Å². The van der Waals surface area contributed by atoms with Gasteiger partial charge in [0.25, 0.3) is 5.91 Å². The molecule has 1 fully saturated rings. The Morgan fingerprint density at radius 1 is 0.912 bits per heavy atom. The molecule has 5 heteroatoms. The highest BCUT2D eigenvalue weighted by Crippen LogP contribution is 2.28. The quantitative estimate of drug-likeness (QED) is 0.380. The number of carbonyl (C=O) groups excluding carboxylic acids is 1. The van der Waals surface area contributed by atoms with Crippen molar-refractivity contribution in [3.63, 3.8) is 0 Å². The van der Waals surface area contributed by atoms with Gasteiger partial charge in [-0.3, -0.25) is 4.79 Å². The number of rotatable bonds is 6. The molecule has 0 spiro atoms. The van der Waals surface area contributed by atoms with E-state index in [1.807, 2.05) is 82.5 Å². The van der Waals surface area contributed by atoms with Crippen molar-refractivity contribution in [3.05, 3.63) is 108 Å². The molecule has 2 heterocycles. The fourth-order valence-electron chi connectivity index (χ4n) is 4.47. The van der Waals surface area contributed by atoms with Crippen LogP contribution in [0.4, 0.5) is 0 Å². The lowest BCUT2D eigenvalue weighted by Gasteiger charge is -2.32. The van der Waals surface area contributed by atoms with Crippen molar-refractivity contribution in [1.82, 2.24) is 14.7 Å². The number of hydrogen-bond donors (Lipinski definition) is 0. The van der Waals surface area contributed by atoms with Crippen molar-refractivity contribution in [3.8, 4) is 16.9 Å². The van der Waals surface area contributed by atoms with Gasteiger partial charge in [-0.1, -0.05) is 72.8 Å². The summed E-state index contributed by atoms with van der Waals surface area (Å²) < 4.78 is 7.93. The topological polar surface area (TPSA) is 47.4 Å². The number of likely N-dealkylation sites (tertiary alicyclic amines) is 1. The molecule has 34 heavy (non-hydrogen) atoms. The summed E-state index contributed by atoms with van der Waals surface area (Å²) in [6.45, 7) is 4.03. The summed E-state index contributed by atoms with van der Waals surface area (Å²) in [5, 5.41) is 4.85. The standard InChI is InChI=1S/C29H29N3O2/c1-22-10-8-9-15-26(22)28-27(20-32(30-28)24-13-6-3-7-14-24)29(33)31-18-16-25(17-19-31)34-21-23-11-4-2-5-12-23/h2-15,20,25H,16-19,21H2,1H3. The van der Waals surface area contributed by atoms with Gasteiger partial charge in [0.2, 0.25) is 0 Å². The van der Waals surface area contributed by atoms with Gasteiger partial charge in [-0.15, -0.1) is 0 Å². The Balaban J connectivity index is 1.34. The average Bonchev–Trinajstić information content (AvgIpc) is 3.34. The average molecular weight is 452 g/mol. The number of amides is 1. The molecule has 0 unspecified atom stereocenters.